The number of benzene rings is 2. The summed E-state index contributed by atoms with van der Waals surface area (Å²) >= 11 is 0. The SMILES string of the molecule is Cc1ccc(NC(=O)Cn2c(-c3nnc(C)o3)cc3ccccc32)c(C)c1. The summed E-state index contributed by atoms with van der Waals surface area (Å²) < 4.78 is 7.50. The Hall–Kier alpha value is -3.41. The molecule has 6 nitrogen and oxygen atoms in total. The van der Waals surface area contributed by atoms with Gasteiger partial charge in [0, 0.05) is 23.5 Å². The minimum absolute atomic E-state index is 0.110. The van der Waals surface area contributed by atoms with Crippen LogP contribution in [0.2, 0.25) is 0 Å². The van der Waals surface area contributed by atoms with E-state index in [0.29, 0.717) is 11.8 Å². The van der Waals surface area contributed by atoms with Crippen molar-refractivity contribution in [1.82, 2.24) is 14.8 Å². The number of para-hydroxylation sites is 1. The van der Waals surface area contributed by atoms with Gasteiger partial charge in [-0.2, -0.15) is 0 Å². The van der Waals surface area contributed by atoms with Gasteiger partial charge >= 0.3 is 0 Å². The number of aromatic nitrogens is 3. The Balaban J connectivity index is 1.69. The van der Waals surface area contributed by atoms with E-state index in [4.69, 9.17) is 4.42 Å². The van der Waals surface area contributed by atoms with E-state index in [9.17, 15) is 4.79 Å². The van der Waals surface area contributed by atoms with Crippen molar-refractivity contribution >= 4 is 22.5 Å². The van der Waals surface area contributed by atoms with Crippen LogP contribution in [0.1, 0.15) is 17.0 Å². The van der Waals surface area contributed by atoms with Crippen molar-refractivity contribution in [3.8, 4) is 11.6 Å². The number of fused-ring (bicyclic) bond motifs is 1. The van der Waals surface area contributed by atoms with E-state index in [2.05, 4.69) is 15.5 Å². The first kappa shape index (κ1) is 17.0. The van der Waals surface area contributed by atoms with Crippen LogP contribution in [0.25, 0.3) is 22.5 Å². The minimum atomic E-state index is -0.110. The van der Waals surface area contributed by atoms with Crippen LogP contribution in [0.3, 0.4) is 0 Å². The Morgan fingerprint density at radius 1 is 1.07 bits per heavy atom. The second-order valence-electron chi connectivity index (χ2n) is 6.67. The summed E-state index contributed by atoms with van der Waals surface area (Å²) in [5.74, 6) is 0.783. The van der Waals surface area contributed by atoms with Gasteiger partial charge in [-0.15, -0.1) is 10.2 Å². The van der Waals surface area contributed by atoms with Crippen LogP contribution < -0.4 is 5.32 Å². The molecule has 0 aliphatic heterocycles. The maximum atomic E-state index is 12.8. The molecule has 0 unspecified atom stereocenters. The molecule has 4 rings (SSSR count). The van der Waals surface area contributed by atoms with Gasteiger partial charge in [0.05, 0.1) is 0 Å². The van der Waals surface area contributed by atoms with Crippen LogP contribution in [0.15, 0.2) is 52.9 Å². The molecular weight excluding hydrogens is 340 g/mol. The molecule has 4 aromatic rings. The molecule has 0 saturated heterocycles. The molecule has 0 atom stereocenters. The van der Waals surface area contributed by atoms with E-state index in [1.807, 2.05) is 66.9 Å². The lowest BCUT2D eigenvalue weighted by Gasteiger charge is -2.12. The van der Waals surface area contributed by atoms with E-state index < -0.39 is 0 Å². The number of nitrogens with one attached hydrogen (secondary N) is 1. The number of amides is 1. The third-order valence-electron chi connectivity index (χ3n) is 4.51. The Morgan fingerprint density at radius 2 is 1.89 bits per heavy atom. The van der Waals surface area contributed by atoms with Crippen molar-refractivity contribution < 1.29 is 9.21 Å². The predicted octanol–water partition coefficient (Wildman–Crippen LogP) is 4.26. The van der Waals surface area contributed by atoms with E-state index >= 15 is 0 Å². The van der Waals surface area contributed by atoms with Crippen molar-refractivity contribution in [2.24, 2.45) is 0 Å². The van der Waals surface area contributed by atoms with Crippen molar-refractivity contribution in [2.45, 2.75) is 27.3 Å². The zero-order valence-corrected chi connectivity index (χ0v) is 15.5. The molecule has 2 heterocycles. The lowest BCUT2D eigenvalue weighted by Crippen LogP contribution is -2.19. The van der Waals surface area contributed by atoms with Crippen LogP contribution in [-0.2, 0) is 11.3 Å². The van der Waals surface area contributed by atoms with Gasteiger partial charge in [-0.25, -0.2) is 0 Å². The number of aryl methyl sites for hydroxylation is 3. The monoisotopic (exact) mass is 360 g/mol. The Bertz CT molecular complexity index is 1140. The molecule has 2 aromatic heterocycles. The van der Waals surface area contributed by atoms with Gasteiger partial charge in [-0.1, -0.05) is 35.9 Å². The van der Waals surface area contributed by atoms with Gasteiger partial charge in [-0.05, 0) is 37.6 Å². The normalized spacial score (nSPS) is 11.1. The highest BCUT2D eigenvalue weighted by Crippen LogP contribution is 2.27. The Morgan fingerprint density at radius 3 is 2.63 bits per heavy atom. The van der Waals surface area contributed by atoms with Gasteiger partial charge in [-0.3, -0.25) is 4.79 Å². The molecule has 1 amide bonds. The molecule has 0 fully saturated rings. The number of rotatable bonds is 4. The molecular formula is C21H20N4O2. The fraction of sp³-hybridized carbons (Fsp3) is 0.190. The zero-order chi connectivity index (χ0) is 19.0. The molecule has 0 bridgehead atoms. The summed E-state index contributed by atoms with van der Waals surface area (Å²) in [6.07, 6.45) is 0. The molecule has 0 spiro atoms. The highest BCUT2D eigenvalue weighted by molar-refractivity contribution is 5.94. The third-order valence-corrected chi connectivity index (χ3v) is 4.51. The molecule has 0 radical (unpaired) electrons. The van der Waals surface area contributed by atoms with Crippen LogP contribution in [0.5, 0.6) is 0 Å². The molecule has 136 valence electrons. The van der Waals surface area contributed by atoms with Gasteiger partial charge in [0.15, 0.2) is 0 Å². The van der Waals surface area contributed by atoms with Crippen LogP contribution in [0.4, 0.5) is 5.69 Å². The van der Waals surface area contributed by atoms with Gasteiger partial charge in [0.1, 0.15) is 12.2 Å². The molecule has 0 aliphatic rings. The summed E-state index contributed by atoms with van der Waals surface area (Å²) in [6, 6.07) is 15.8. The summed E-state index contributed by atoms with van der Waals surface area (Å²) in [4.78, 5) is 12.8. The van der Waals surface area contributed by atoms with Crippen LogP contribution in [-0.4, -0.2) is 20.7 Å². The minimum Gasteiger partial charge on any atom is -0.420 e. The fourth-order valence-corrected chi connectivity index (χ4v) is 3.25. The Kier molecular flexibility index (Phi) is 4.24. The fourth-order valence-electron chi connectivity index (χ4n) is 3.25. The first-order valence-electron chi connectivity index (χ1n) is 8.77. The maximum Gasteiger partial charge on any atom is 0.264 e. The van der Waals surface area contributed by atoms with Crippen molar-refractivity contribution in [2.75, 3.05) is 5.32 Å². The zero-order valence-electron chi connectivity index (χ0n) is 15.5. The highest BCUT2D eigenvalue weighted by atomic mass is 16.4. The molecule has 0 saturated carbocycles. The van der Waals surface area contributed by atoms with Gasteiger partial charge in [0.25, 0.3) is 5.89 Å². The smallest absolute Gasteiger partial charge is 0.264 e. The largest absolute Gasteiger partial charge is 0.420 e. The lowest BCUT2D eigenvalue weighted by molar-refractivity contribution is -0.116. The maximum absolute atomic E-state index is 12.8. The first-order valence-corrected chi connectivity index (χ1v) is 8.77. The summed E-state index contributed by atoms with van der Waals surface area (Å²) in [7, 11) is 0. The first-order chi connectivity index (χ1) is 13.0. The van der Waals surface area contributed by atoms with E-state index in [0.717, 1.165) is 33.4 Å². The molecule has 1 N–H and O–H groups in total. The number of hydrogen-bond acceptors (Lipinski definition) is 4. The molecule has 27 heavy (non-hydrogen) atoms. The van der Waals surface area contributed by atoms with Gasteiger partial charge < -0.3 is 14.3 Å². The standard InChI is InChI=1S/C21H20N4O2/c1-13-8-9-17(14(2)10-13)22-20(26)12-25-18-7-5-4-6-16(18)11-19(25)21-24-23-15(3)27-21/h4-11H,12H2,1-3H3,(H,22,26). The van der Waals surface area contributed by atoms with Crippen molar-refractivity contribution in [1.29, 1.82) is 0 Å². The van der Waals surface area contributed by atoms with Crippen molar-refractivity contribution in [3.63, 3.8) is 0 Å². The second kappa shape index (κ2) is 6.72. The van der Waals surface area contributed by atoms with Crippen molar-refractivity contribution in [3.05, 3.63) is 65.5 Å². The second-order valence-corrected chi connectivity index (χ2v) is 6.67. The predicted molar refractivity (Wildman–Crippen MR) is 105 cm³/mol. The average molecular weight is 360 g/mol. The molecule has 0 aliphatic carbocycles. The van der Waals surface area contributed by atoms with Crippen LogP contribution in [0, 0.1) is 20.8 Å². The lowest BCUT2D eigenvalue weighted by atomic mass is 10.1. The number of anilines is 1. The third kappa shape index (κ3) is 3.33. The number of hydrogen-bond donors (Lipinski definition) is 1. The summed E-state index contributed by atoms with van der Waals surface area (Å²) in [6.45, 7) is 5.91. The summed E-state index contributed by atoms with van der Waals surface area (Å²) in [5.41, 5.74) is 4.69. The summed E-state index contributed by atoms with van der Waals surface area (Å²) in [5, 5.41) is 12.0. The van der Waals surface area contributed by atoms with E-state index in [-0.39, 0.29) is 12.5 Å². The average Bonchev–Trinajstić information content (AvgIpc) is 3.21. The van der Waals surface area contributed by atoms with Gasteiger partial charge in [0.2, 0.25) is 11.8 Å². The van der Waals surface area contributed by atoms with E-state index in [1.54, 1.807) is 6.92 Å². The Labute approximate surface area is 156 Å². The highest BCUT2D eigenvalue weighted by Gasteiger charge is 2.17. The number of carbonyl (C=O) groups is 1. The quantitative estimate of drug-likeness (QED) is 0.590. The topological polar surface area (TPSA) is 73.0 Å². The molecule has 6 heteroatoms. The number of carbonyl (C=O) groups excluding carboxylic acids is 1. The van der Waals surface area contributed by atoms with Crippen LogP contribution >= 0.6 is 0 Å². The molecule has 2 aromatic carbocycles. The van der Waals surface area contributed by atoms with E-state index in [1.165, 1.54) is 0 Å². The number of nitrogens with zero attached hydrogens (tertiary/aromatic N) is 3.